The van der Waals surface area contributed by atoms with Crippen LogP contribution in [0.15, 0.2) is 16.8 Å². The molecular weight excluding hydrogens is 112 g/mol. The Morgan fingerprint density at radius 2 is 2.67 bits per heavy atom. The van der Waals surface area contributed by atoms with Crippen molar-refractivity contribution >= 4 is 5.71 Å². The third-order valence-corrected chi connectivity index (χ3v) is 1.16. The van der Waals surface area contributed by atoms with Gasteiger partial charge in [0.2, 0.25) is 0 Å². The molecule has 0 fully saturated rings. The Kier molecular flexibility index (Phi) is 1.55. The van der Waals surface area contributed by atoms with Crippen molar-refractivity contribution < 1.29 is 0 Å². The van der Waals surface area contributed by atoms with E-state index in [9.17, 15) is 0 Å². The number of allylic oxidation sites excluding steroid dienone is 1. The monoisotopic (exact) mass is 120 g/mol. The Bertz CT molecular complexity index is 205. The molecule has 0 spiro atoms. The van der Waals surface area contributed by atoms with Gasteiger partial charge in [-0.3, -0.25) is 4.99 Å². The third-order valence-electron chi connectivity index (χ3n) is 1.16. The highest BCUT2D eigenvalue weighted by Crippen LogP contribution is 1.97. The zero-order chi connectivity index (χ0) is 6.69. The van der Waals surface area contributed by atoms with Gasteiger partial charge >= 0.3 is 0 Å². The van der Waals surface area contributed by atoms with E-state index in [0.717, 1.165) is 11.3 Å². The summed E-state index contributed by atoms with van der Waals surface area (Å²) in [5, 5.41) is 2.95. The predicted molar refractivity (Wildman–Crippen MR) is 38.0 cm³/mol. The van der Waals surface area contributed by atoms with Crippen molar-refractivity contribution in [1.82, 2.24) is 5.32 Å². The minimum atomic E-state index is 0.608. The first-order valence-electron chi connectivity index (χ1n) is 2.76. The summed E-state index contributed by atoms with van der Waals surface area (Å²) >= 11 is 0. The second-order valence-corrected chi connectivity index (χ2v) is 1.84. The second-order valence-electron chi connectivity index (χ2n) is 1.84. The van der Waals surface area contributed by atoms with Crippen LogP contribution in [0, 0.1) is 12.3 Å². The zero-order valence-corrected chi connectivity index (χ0v) is 5.31. The van der Waals surface area contributed by atoms with Gasteiger partial charge in [0.1, 0.15) is 12.4 Å². The fourth-order valence-electron chi connectivity index (χ4n) is 0.676. The summed E-state index contributed by atoms with van der Waals surface area (Å²) in [6.45, 7) is 2.54. The molecule has 1 N–H and O–H groups in total. The van der Waals surface area contributed by atoms with E-state index in [1.165, 1.54) is 0 Å². The highest BCUT2D eigenvalue weighted by Gasteiger charge is 1.99. The zero-order valence-electron chi connectivity index (χ0n) is 5.31. The lowest BCUT2D eigenvalue weighted by Gasteiger charge is -2.06. The third kappa shape index (κ3) is 1.11. The van der Waals surface area contributed by atoms with Crippen LogP contribution >= 0.6 is 0 Å². The number of rotatable bonds is 0. The Hall–Kier alpha value is -1.23. The molecule has 9 heavy (non-hydrogen) atoms. The van der Waals surface area contributed by atoms with E-state index in [1.807, 2.05) is 13.1 Å². The van der Waals surface area contributed by atoms with Crippen molar-refractivity contribution in [3.63, 3.8) is 0 Å². The lowest BCUT2D eigenvalue weighted by Crippen LogP contribution is -2.15. The summed E-state index contributed by atoms with van der Waals surface area (Å²) < 4.78 is 0. The molecule has 2 heteroatoms. The van der Waals surface area contributed by atoms with Crippen molar-refractivity contribution in [3.05, 3.63) is 11.8 Å². The van der Waals surface area contributed by atoms with Gasteiger partial charge in [-0.2, -0.15) is 0 Å². The molecule has 0 bridgehead atoms. The molecule has 1 heterocycles. The summed E-state index contributed by atoms with van der Waals surface area (Å²) in [6, 6.07) is 0. The first kappa shape index (κ1) is 5.90. The van der Waals surface area contributed by atoms with Crippen LogP contribution in [0.4, 0.5) is 0 Å². The van der Waals surface area contributed by atoms with Gasteiger partial charge in [0.05, 0.1) is 0 Å². The second kappa shape index (κ2) is 2.36. The molecule has 0 unspecified atom stereocenters. The molecule has 0 aliphatic carbocycles. The van der Waals surface area contributed by atoms with Gasteiger partial charge in [0.15, 0.2) is 0 Å². The van der Waals surface area contributed by atoms with Crippen molar-refractivity contribution in [3.8, 4) is 12.3 Å². The summed E-state index contributed by atoms with van der Waals surface area (Å²) in [4.78, 5) is 4.03. The number of nitrogens with one attached hydrogen (secondary N) is 1. The standard InChI is InChI=1S/C7H8N2/c1-3-7-6(2)4-8-5-9-7/h1,4,8H,5H2,2H3. The maximum absolute atomic E-state index is 5.14. The van der Waals surface area contributed by atoms with E-state index in [1.54, 1.807) is 0 Å². The number of terminal acetylenes is 1. The molecule has 0 saturated carbocycles. The Balaban J connectivity index is 2.83. The van der Waals surface area contributed by atoms with Crippen LogP contribution in [0.1, 0.15) is 6.92 Å². The number of hydrogen-bond acceptors (Lipinski definition) is 2. The molecule has 0 aromatic carbocycles. The van der Waals surface area contributed by atoms with Crippen LogP contribution in [0.25, 0.3) is 0 Å². The maximum atomic E-state index is 5.14. The van der Waals surface area contributed by atoms with Gasteiger partial charge in [-0.1, -0.05) is 5.92 Å². The topological polar surface area (TPSA) is 24.4 Å². The first-order valence-corrected chi connectivity index (χ1v) is 2.76. The molecule has 1 rings (SSSR count). The highest BCUT2D eigenvalue weighted by atomic mass is 15.0. The van der Waals surface area contributed by atoms with Gasteiger partial charge in [-0.15, -0.1) is 6.42 Å². The molecule has 0 atom stereocenters. The van der Waals surface area contributed by atoms with E-state index >= 15 is 0 Å². The van der Waals surface area contributed by atoms with Crippen molar-refractivity contribution in [2.45, 2.75) is 6.92 Å². The summed E-state index contributed by atoms with van der Waals surface area (Å²) in [5.74, 6) is 2.50. The highest BCUT2D eigenvalue weighted by molar-refractivity contribution is 6.12. The van der Waals surface area contributed by atoms with E-state index in [2.05, 4.69) is 16.2 Å². The molecule has 0 saturated heterocycles. The Labute approximate surface area is 54.7 Å². The number of aliphatic imine (C=N–C) groups is 1. The van der Waals surface area contributed by atoms with Crippen molar-refractivity contribution in [1.29, 1.82) is 0 Å². The van der Waals surface area contributed by atoms with Gasteiger partial charge < -0.3 is 5.32 Å². The van der Waals surface area contributed by atoms with E-state index in [-0.39, 0.29) is 0 Å². The summed E-state index contributed by atoms with van der Waals surface area (Å²) in [5.41, 5.74) is 1.79. The van der Waals surface area contributed by atoms with Crippen LogP contribution in [-0.2, 0) is 0 Å². The molecular formula is C7H8N2. The fourth-order valence-corrected chi connectivity index (χ4v) is 0.676. The first-order chi connectivity index (χ1) is 4.34. The molecule has 0 aromatic heterocycles. The van der Waals surface area contributed by atoms with Gasteiger partial charge in [0, 0.05) is 6.20 Å². The van der Waals surface area contributed by atoms with Gasteiger partial charge in [-0.25, -0.2) is 0 Å². The minimum absolute atomic E-state index is 0.608. The van der Waals surface area contributed by atoms with Crippen LogP contribution in [-0.4, -0.2) is 12.4 Å². The lowest BCUT2D eigenvalue weighted by molar-refractivity contribution is 0.865. The average Bonchev–Trinajstić information content (AvgIpc) is 1.89. The Morgan fingerprint density at radius 3 is 3.11 bits per heavy atom. The quantitative estimate of drug-likeness (QED) is 0.463. The van der Waals surface area contributed by atoms with Gasteiger partial charge in [0.25, 0.3) is 0 Å². The smallest absolute Gasteiger partial charge is 0.113 e. The predicted octanol–water partition coefficient (Wildman–Crippen LogP) is 0.525. The molecule has 0 aromatic rings. The SMILES string of the molecule is C#CC1=NCNC=C1C. The summed E-state index contributed by atoms with van der Waals surface area (Å²) in [6.07, 6.45) is 7.02. The fraction of sp³-hybridized carbons (Fsp3) is 0.286. The largest absolute Gasteiger partial charge is 0.372 e. The van der Waals surface area contributed by atoms with Crippen LogP contribution in [0.5, 0.6) is 0 Å². The molecule has 0 radical (unpaired) electrons. The van der Waals surface area contributed by atoms with E-state index < -0.39 is 0 Å². The average molecular weight is 120 g/mol. The number of hydrogen-bond donors (Lipinski definition) is 1. The normalized spacial score (nSPS) is 16.9. The molecule has 2 nitrogen and oxygen atoms in total. The molecule has 1 aliphatic rings. The van der Waals surface area contributed by atoms with Crippen LogP contribution in [0.3, 0.4) is 0 Å². The summed E-state index contributed by atoms with van der Waals surface area (Å²) in [7, 11) is 0. The van der Waals surface area contributed by atoms with Crippen molar-refractivity contribution in [2.75, 3.05) is 6.67 Å². The molecule has 46 valence electrons. The molecule has 1 aliphatic heterocycles. The number of nitrogens with zero attached hydrogens (tertiary/aromatic N) is 1. The van der Waals surface area contributed by atoms with Crippen molar-refractivity contribution in [2.24, 2.45) is 4.99 Å². The minimum Gasteiger partial charge on any atom is -0.372 e. The molecule has 0 amide bonds. The Morgan fingerprint density at radius 1 is 1.89 bits per heavy atom. The van der Waals surface area contributed by atoms with E-state index in [0.29, 0.717) is 6.67 Å². The van der Waals surface area contributed by atoms with Crippen LogP contribution in [0.2, 0.25) is 0 Å². The maximum Gasteiger partial charge on any atom is 0.113 e. The van der Waals surface area contributed by atoms with Crippen LogP contribution < -0.4 is 5.32 Å². The lowest BCUT2D eigenvalue weighted by atomic mass is 10.2. The van der Waals surface area contributed by atoms with E-state index in [4.69, 9.17) is 6.42 Å². The van der Waals surface area contributed by atoms with Gasteiger partial charge in [-0.05, 0) is 12.5 Å².